The molecule has 23 heavy (non-hydrogen) atoms. The van der Waals surface area contributed by atoms with Crippen molar-refractivity contribution in [1.82, 2.24) is 10.6 Å². The molecule has 2 rings (SSSR count). The molecule has 3 amide bonds. The summed E-state index contributed by atoms with van der Waals surface area (Å²) < 4.78 is 0. The third-order valence-corrected chi connectivity index (χ3v) is 4.14. The number of amides is 3. The number of rotatable bonds is 6. The highest BCUT2D eigenvalue weighted by molar-refractivity contribution is 5.96. The Bertz CT molecular complexity index is 525. The van der Waals surface area contributed by atoms with Gasteiger partial charge in [-0.25, -0.2) is 4.79 Å². The molecule has 126 valence electrons. The van der Waals surface area contributed by atoms with Gasteiger partial charge in [0, 0.05) is 23.8 Å². The van der Waals surface area contributed by atoms with Crippen molar-refractivity contribution in [3.8, 4) is 0 Å². The normalized spacial score (nSPS) is 15.0. The highest BCUT2D eigenvalue weighted by Crippen LogP contribution is 2.17. The van der Waals surface area contributed by atoms with Gasteiger partial charge in [-0.15, -0.1) is 0 Å². The molecule has 0 unspecified atom stereocenters. The number of nitrogens with one attached hydrogen (secondary N) is 3. The Morgan fingerprint density at radius 2 is 1.96 bits per heavy atom. The molecule has 5 heteroatoms. The average molecular weight is 317 g/mol. The number of hydrogen-bond donors (Lipinski definition) is 3. The fourth-order valence-electron chi connectivity index (χ4n) is 2.82. The van der Waals surface area contributed by atoms with Crippen molar-refractivity contribution in [1.29, 1.82) is 0 Å². The summed E-state index contributed by atoms with van der Waals surface area (Å²) in [6.45, 7) is 2.76. The molecule has 0 aliphatic heterocycles. The maximum Gasteiger partial charge on any atom is 0.319 e. The molecule has 0 atom stereocenters. The van der Waals surface area contributed by atoms with Gasteiger partial charge in [-0.1, -0.05) is 38.7 Å². The van der Waals surface area contributed by atoms with Crippen LogP contribution < -0.4 is 16.0 Å². The van der Waals surface area contributed by atoms with Crippen molar-refractivity contribution in [2.24, 2.45) is 0 Å². The van der Waals surface area contributed by atoms with E-state index in [2.05, 4.69) is 22.9 Å². The average Bonchev–Trinajstić information content (AvgIpc) is 2.56. The van der Waals surface area contributed by atoms with E-state index in [0.29, 0.717) is 17.8 Å². The first-order chi connectivity index (χ1) is 11.2. The van der Waals surface area contributed by atoms with Crippen LogP contribution >= 0.6 is 0 Å². The van der Waals surface area contributed by atoms with Crippen LogP contribution in [0.25, 0.3) is 0 Å². The van der Waals surface area contributed by atoms with Crippen LogP contribution in [-0.2, 0) is 0 Å². The first kappa shape index (κ1) is 17.3. The van der Waals surface area contributed by atoms with Gasteiger partial charge in [0.25, 0.3) is 5.91 Å². The molecule has 1 saturated carbocycles. The summed E-state index contributed by atoms with van der Waals surface area (Å²) in [7, 11) is 0. The van der Waals surface area contributed by atoms with Gasteiger partial charge in [0.15, 0.2) is 0 Å². The second kappa shape index (κ2) is 9.18. The Kier molecular flexibility index (Phi) is 6.91. The maximum atomic E-state index is 12.0. The quantitative estimate of drug-likeness (QED) is 0.701. The lowest BCUT2D eigenvalue weighted by atomic mass is 9.96. The SMILES string of the molecule is CCCCNC(=O)c1cccc(NC(=O)NC2CCCCC2)c1. The largest absolute Gasteiger partial charge is 0.352 e. The minimum absolute atomic E-state index is 0.102. The second-order valence-electron chi connectivity index (χ2n) is 6.12. The van der Waals surface area contributed by atoms with Crippen LogP contribution in [0.2, 0.25) is 0 Å². The van der Waals surface area contributed by atoms with Crippen molar-refractivity contribution in [3.63, 3.8) is 0 Å². The molecular formula is C18H27N3O2. The zero-order valence-corrected chi connectivity index (χ0v) is 13.9. The molecule has 1 aliphatic carbocycles. The van der Waals surface area contributed by atoms with Crippen LogP contribution in [0.1, 0.15) is 62.2 Å². The number of anilines is 1. The van der Waals surface area contributed by atoms with Crippen molar-refractivity contribution in [2.45, 2.75) is 57.9 Å². The highest BCUT2D eigenvalue weighted by Gasteiger charge is 2.15. The van der Waals surface area contributed by atoms with Crippen LogP contribution in [0.15, 0.2) is 24.3 Å². The lowest BCUT2D eigenvalue weighted by molar-refractivity contribution is 0.0953. The molecule has 1 fully saturated rings. The fraction of sp³-hybridized carbons (Fsp3) is 0.556. The van der Waals surface area contributed by atoms with Gasteiger partial charge in [0.2, 0.25) is 0 Å². The molecule has 1 aliphatic rings. The van der Waals surface area contributed by atoms with Crippen LogP contribution in [0.3, 0.4) is 0 Å². The van der Waals surface area contributed by atoms with Crippen molar-refractivity contribution >= 4 is 17.6 Å². The summed E-state index contributed by atoms with van der Waals surface area (Å²) in [6.07, 6.45) is 7.73. The van der Waals surface area contributed by atoms with E-state index in [-0.39, 0.29) is 18.0 Å². The molecule has 1 aromatic carbocycles. The molecule has 0 bridgehead atoms. The minimum atomic E-state index is -0.194. The second-order valence-corrected chi connectivity index (χ2v) is 6.12. The number of benzene rings is 1. The van der Waals surface area contributed by atoms with E-state index in [1.807, 2.05) is 0 Å². The molecule has 3 N–H and O–H groups in total. The molecule has 0 heterocycles. The van der Waals surface area contributed by atoms with Crippen LogP contribution in [0, 0.1) is 0 Å². The van der Waals surface area contributed by atoms with E-state index in [9.17, 15) is 9.59 Å². The summed E-state index contributed by atoms with van der Waals surface area (Å²) >= 11 is 0. The van der Waals surface area contributed by atoms with Gasteiger partial charge >= 0.3 is 6.03 Å². The molecule has 5 nitrogen and oxygen atoms in total. The topological polar surface area (TPSA) is 70.2 Å². The molecular weight excluding hydrogens is 290 g/mol. The number of urea groups is 1. The lowest BCUT2D eigenvalue weighted by Crippen LogP contribution is -2.39. The molecule has 0 radical (unpaired) electrons. The number of hydrogen-bond acceptors (Lipinski definition) is 2. The van der Waals surface area contributed by atoms with E-state index in [1.165, 1.54) is 19.3 Å². The van der Waals surface area contributed by atoms with Crippen molar-refractivity contribution in [2.75, 3.05) is 11.9 Å². The Hall–Kier alpha value is -2.04. The third kappa shape index (κ3) is 5.93. The highest BCUT2D eigenvalue weighted by atomic mass is 16.2. The van der Waals surface area contributed by atoms with Gasteiger partial charge in [-0.2, -0.15) is 0 Å². The molecule has 0 spiro atoms. The van der Waals surface area contributed by atoms with Crippen LogP contribution in [-0.4, -0.2) is 24.5 Å². The van der Waals surface area contributed by atoms with Crippen LogP contribution in [0.5, 0.6) is 0 Å². The summed E-state index contributed by atoms with van der Waals surface area (Å²) in [4.78, 5) is 24.1. The Balaban J connectivity index is 1.86. The van der Waals surface area contributed by atoms with Gasteiger partial charge in [0.1, 0.15) is 0 Å². The number of carbonyl (C=O) groups is 2. The summed E-state index contributed by atoms with van der Waals surface area (Å²) in [5.41, 5.74) is 1.21. The first-order valence-corrected chi connectivity index (χ1v) is 8.65. The summed E-state index contributed by atoms with van der Waals surface area (Å²) in [5, 5.41) is 8.71. The standard InChI is InChI=1S/C18H27N3O2/c1-2-3-12-19-17(22)14-8-7-11-16(13-14)21-18(23)20-15-9-5-4-6-10-15/h7-8,11,13,15H,2-6,9-10,12H2,1H3,(H,19,22)(H2,20,21,23). The van der Waals surface area contributed by atoms with E-state index < -0.39 is 0 Å². The Morgan fingerprint density at radius 3 is 2.70 bits per heavy atom. The molecule has 1 aromatic rings. The van der Waals surface area contributed by atoms with Crippen molar-refractivity contribution in [3.05, 3.63) is 29.8 Å². The van der Waals surface area contributed by atoms with E-state index in [4.69, 9.17) is 0 Å². The minimum Gasteiger partial charge on any atom is -0.352 e. The Labute approximate surface area is 138 Å². The summed E-state index contributed by atoms with van der Waals surface area (Å²) in [5.74, 6) is -0.102. The van der Waals surface area contributed by atoms with Gasteiger partial charge in [-0.05, 0) is 37.5 Å². The molecule has 0 saturated heterocycles. The van der Waals surface area contributed by atoms with Gasteiger partial charge in [-0.3, -0.25) is 4.79 Å². The fourth-order valence-corrected chi connectivity index (χ4v) is 2.82. The number of unbranched alkanes of at least 4 members (excludes halogenated alkanes) is 1. The van der Waals surface area contributed by atoms with Gasteiger partial charge in [0.05, 0.1) is 0 Å². The van der Waals surface area contributed by atoms with Gasteiger partial charge < -0.3 is 16.0 Å². The van der Waals surface area contributed by atoms with Crippen LogP contribution in [0.4, 0.5) is 10.5 Å². The lowest BCUT2D eigenvalue weighted by Gasteiger charge is -2.22. The van der Waals surface area contributed by atoms with E-state index in [0.717, 1.165) is 25.7 Å². The molecule has 0 aromatic heterocycles. The van der Waals surface area contributed by atoms with Crippen molar-refractivity contribution < 1.29 is 9.59 Å². The van der Waals surface area contributed by atoms with E-state index >= 15 is 0 Å². The number of carbonyl (C=O) groups excluding carboxylic acids is 2. The Morgan fingerprint density at radius 1 is 1.17 bits per heavy atom. The maximum absolute atomic E-state index is 12.0. The predicted octanol–water partition coefficient (Wildman–Crippen LogP) is 3.67. The smallest absolute Gasteiger partial charge is 0.319 e. The first-order valence-electron chi connectivity index (χ1n) is 8.65. The monoisotopic (exact) mass is 317 g/mol. The predicted molar refractivity (Wildman–Crippen MR) is 92.7 cm³/mol. The zero-order valence-electron chi connectivity index (χ0n) is 13.9. The summed E-state index contributed by atoms with van der Waals surface area (Å²) in [6, 6.07) is 7.12. The zero-order chi connectivity index (χ0) is 16.5. The van der Waals surface area contributed by atoms with E-state index in [1.54, 1.807) is 24.3 Å². The third-order valence-electron chi connectivity index (χ3n) is 4.14.